The molecule has 1 aromatic carbocycles. The van der Waals surface area contributed by atoms with E-state index < -0.39 is 0 Å². The quantitative estimate of drug-likeness (QED) is 0.841. The number of hydrogen-bond acceptors (Lipinski definition) is 3. The van der Waals surface area contributed by atoms with Gasteiger partial charge in [0, 0.05) is 44.0 Å². The summed E-state index contributed by atoms with van der Waals surface area (Å²) in [6.45, 7) is 5.07. The predicted octanol–water partition coefficient (Wildman–Crippen LogP) is 1.73. The first-order chi connectivity index (χ1) is 10.2. The second-order valence-corrected chi connectivity index (χ2v) is 5.88. The standard InChI is InChI=1S/C17H23N3O/c1-19-9-11-20(12-10-19)16-7-3-2-5-14(16)13-15-6-4-8-18-17(15)21/h2-3,5,7,13H,4,6,8-12H2,1H3,(H,18,21). The van der Waals surface area contributed by atoms with E-state index in [9.17, 15) is 4.79 Å². The van der Waals surface area contributed by atoms with Crippen molar-refractivity contribution in [3.63, 3.8) is 0 Å². The Balaban J connectivity index is 1.85. The summed E-state index contributed by atoms with van der Waals surface area (Å²) >= 11 is 0. The fourth-order valence-corrected chi connectivity index (χ4v) is 2.98. The van der Waals surface area contributed by atoms with Gasteiger partial charge in [0.05, 0.1) is 0 Å². The highest BCUT2D eigenvalue weighted by Crippen LogP contribution is 2.25. The number of anilines is 1. The molecular formula is C17H23N3O. The lowest BCUT2D eigenvalue weighted by atomic mass is 10.0. The van der Waals surface area contributed by atoms with Gasteiger partial charge in [0.15, 0.2) is 0 Å². The highest BCUT2D eigenvalue weighted by molar-refractivity contribution is 5.99. The number of piperazine rings is 1. The average Bonchev–Trinajstić information content (AvgIpc) is 2.51. The van der Waals surface area contributed by atoms with E-state index in [1.807, 2.05) is 6.07 Å². The number of piperidine rings is 1. The van der Waals surface area contributed by atoms with Crippen LogP contribution in [0.2, 0.25) is 0 Å². The summed E-state index contributed by atoms with van der Waals surface area (Å²) in [7, 11) is 2.16. The summed E-state index contributed by atoms with van der Waals surface area (Å²) in [6.07, 6.45) is 3.99. The van der Waals surface area contributed by atoms with Crippen molar-refractivity contribution >= 4 is 17.7 Å². The zero-order chi connectivity index (χ0) is 14.7. The fourth-order valence-electron chi connectivity index (χ4n) is 2.98. The number of likely N-dealkylation sites (N-methyl/N-ethyl adjacent to an activating group) is 1. The van der Waals surface area contributed by atoms with E-state index in [0.29, 0.717) is 0 Å². The Hall–Kier alpha value is -1.81. The van der Waals surface area contributed by atoms with Crippen LogP contribution in [0.3, 0.4) is 0 Å². The van der Waals surface area contributed by atoms with Gasteiger partial charge in [-0.25, -0.2) is 0 Å². The maximum absolute atomic E-state index is 11.9. The SMILES string of the molecule is CN1CCN(c2ccccc2C=C2CCCNC2=O)CC1. The molecule has 4 nitrogen and oxygen atoms in total. The van der Waals surface area contributed by atoms with E-state index >= 15 is 0 Å². The molecule has 0 radical (unpaired) electrons. The summed E-state index contributed by atoms with van der Waals surface area (Å²) in [4.78, 5) is 16.7. The number of para-hydroxylation sites is 1. The fraction of sp³-hybridized carbons (Fsp3) is 0.471. The van der Waals surface area contributed by atoms with Crippen molar-refractivity contribution in [3.05, 3.63) is 35.4 Å². The van der Waals surface area contributed by atoms with E-state index in [4.69, 9.17) is 0 Å². The summed E-state index contributed by atoms with van der Waals surface area (Å²) in [6, 6.07) is 8.41. The van der Waals surface area contributed by atoms with Gasteiger partial charge in [-0.3, -0.25) is 4.79 Å². The van der Waals surface area contributed by atoms with Gasteiger partial charge in [0.1, 0.15) is 0 Å². The first kappa shape index (κ1) is 14.1. The van der Waals surface area contributed by atoms with Crippen LogP contribution in [-0.2, 0) is 4.79 Å². The lowest BCUT2D eigenvalue weighted by Crippen LogP contribution is -2.44. The lowest BCUT2D eigenvalue weighted by Gasteiger charge is -2.35. The second-order valence-electron chi connectivity index (χ2n) is 5.88. The Kier molecular flexibility index (Phi) is 4.25. The van der Waals surface area contributed by atoms with Gasteiger partial charge in [0.2, 0.25) is 5.91 Å². The molecule has 1 amide bonds. The third-order valence-electron chi connectivity index (χ3n) is 4.31. The van der Waals surface area contributed by atoms with E-state index in [0.717, 1.165) is 56.7 Å². The summed E-state index contributed by atoms with van der Waals surface area (Å²) in [5.41, 5.74) is 3.31. The largest absolute Gasteiger partial charge is 0.368 e. The van der Waals surface area contributed by atoms with E-state index in [-0.39, 0.29) is 5.91 Å². The third-order valence-corrected chi connectivity index (χ3v) is 4.31. The molecule has 2 aliphatic heterocycles. The minimum Gasteiger partial charge on any atom is -0.368 e. The van der Waals surface area contributed by atoms with Crippen molar-refractivity contribution in [1.29, 1.82) is 0 Å². The highest BCUT2D eigenvalue weighted by Gasteiger charge is 2.18. The molecule has 2 heterocycles. The number of rotatable bonds is 2. The lowest BCUT2D eigenvalue weighted by molar-refractivity contribution is -0.118. The van der Waals surface area contributed by atoms with Gasteiger partial charge in [0.25, 0.3) is 0 Å². The van der Waals surface area contributed by atoms with Gasteiger partial charge < -0.3 is 15.1 Å². The highest BCUT2D eigenvalue weighted by atomic mass is 16.1. The molecule has 1 N–H and O–H groups in total. The molecule has 2 aliphatic rings. The predicted molar refractivity (Wildman–Crippen MR) is 86.4 cm³/mol. The Labute approximate surface area is 126 Å². The topological polar surface area (TPSA) is 35.6 Å². The van der Waals surface area contributed by atoms with Crippen LogP contribution < -0.4 is 10.2 Å². The normalized spacial score (nSPS) is 22.4. The summed E-state index contributed by atoms with van der Waals surface area (Å²) in [5, 5.41) is 2.93. The van der Waals surface area contributed by atoms with Crippen LogP contribution in [0.15, 0.2) is 29.8 Å². The summed E-state index contributed by atoms with van der Waals surface area (Å²) < 4.78 is 0. The van der Waals surface area contributed by atoms with Gasteiger partial charge in [-0.15, -0.1) is 0 Å². The molecule has 0 aliphatic carbocycles. The first-order valence-corrected chi connectivity index (χ1v) is 7.75. The van der Waals surface area contributed by atoms with Crippen molar-refractivity contribution in [3.8, 4) is 0 Å². The Morgan fingerprint density at radius 1 is 1.14 bits per heavy atom. The third kappa shape index (κ3) is 3.27. The van der Waals surface area contributed by atoms with Crippen LogP contribution in [0.25, 0.3) is 6.08 Å². The molecule has 112 valence electrons. The monoisotopic (exact) mass is 285 g/mol. The van der Waals surface area contributed by atoms with Crippen LogP contribution in [0.1, 0.15) is 18.4 Å². The van der Waals surface area contributed by atoms with E-state index in [2.05, 4.69) is 46.4 Å². The Bertz CT molecular complexity index is 545. The van der Waals surface area contributed by atoms with Crippen LogP contribution in [0.5, 0.6) is 0 Å². The Morgan fingerprint density at radius 3 is 2.67 bits per heavy atom. The number of nitrogens with one attached hydrogen (secondary N) is 1. The first-order valence-electron chi connectivity index (χ1n) is 7.75. The van der Waals surface area contributed by atoms with Gasteiger partial charge in [-0.05, 0) is 37.6 Å². The van der Waals surface area contributed by atoms with Gasteiger partial charge in [-0.2, -0.15) is 0 Å². The molecular weight excluding hydrogens is 262 g/mol. The van der Waals surface area contributed by atoms with E-state index in [1.54, 1.807) is 0 Å². The molecule has 0 atom stereocenters. The second kappa shape index (κ2) is 6.31. The molecule has 3 rings (SSSR count). The molecule has 0 unspecified atom stereocenters. The maximum atomic E-state index is 11.9. The van der Waals surface area contributed by atoms with Crippen molar-refractivity contribution in [1.82, 2.24) is 10.2 Å². The molecule has 0 saturated carbocycles. The molecule has 0 spiro atoms. The van der Waals surface area contributed by atoms with E-state index in [1.165, 1.54) is 5.69 Å². The molecule has 0 bridgehead atoms. The van der Waals surface area contributed by atoms with Crippen LogP contribution in [0, 0.1) is 0 Å². The van der Waals surface area contributed by atoms with Crippen LogP contribution in [0.4, 0.5) is 5.69 Å². The van der Waals surface area contributed by atoms with Crippen LogP contribution >= 0.6 is 0 Å². The number of nitrogens with zero attached hydrogens (tertiary/aromatic N) is 2. The Morgan fingerprint density at radius 2 is 1.90 bits per heavy atom. The zero-order valence-corrected chi connectivity index (χ0v) is 12.6. The minimum absolute atomic E-state index is 0.0921. The molecule has 2 fully saturated rings. The van der Waals surface area contributed by atoms with Crippen molar-refractivity contribution in [2.45, 2.75) is 12.8 Å². The number of hydrogen-bond donors (Lipinski definition) is 1. The average molecular weight is 285 g/mol. The maximum Gasteiger partial charge on any atom is 0.247 e. The van der Waals surface area contributed by atoms with Gasteiger partial charge in [-0.1, -0.05) is 18.2 Å². The summed E-state index contributed by atoms with van der Waals surface area (Å²) in [5.74, 6) is 0.0921. The van der Waals surface area contributed by atoms with Gasteiger partial charge >= 0.3 is 0 Å². The molecule has 2 saturated heterocycles. The number of amides is 1. The smallest absolute Gasteiger partial charge is 0.247 e. The van der Waals surface area contributed by atoms with Crippen molar-refractivity contribution in [2.75, 3.05) is 44.7 Å². The molecule has 1 aromatic rings. The van der Waals surface area contributed by atoms with Crippen molar-refractivity contribution in [2.24, 2.45) is 0 Å². The van der Waals surface area contributed by atoms with Crippen LogP contribution in [-0.4, -0.2) is 50.6 Å². The molecule has 4 heteroatoms. The number of carbonyl (C=O) groups excluding carboxylic acids is 1. The minimum atomic E-state index is 0.0921. The zero-order valence-electron chi connectivity index (χ0n) is 12.6. The number of benzene rings is 1. The molecule has 21 heavy (non-hydrogen) atoms. The molecule has 0 aromatic heterocycles. The van der Waals surface area contributed by atoms with Crippen molar-refractivity contribution < 1.29 is 4.79 Å². The number of carbonyl (C=O) groups is 1.